The Morgan fingerprint density at radius 1 is 1.20 bits per heavy atom. The number of carbonyl (C=O) groups is 1. The molecule has 0 unspecified atom stereocenters. The molecule has 0 saturated heterocycles. The van der Waals surface area contributed by atoms with Gasteiger partial charge in [-0.15, -0.1) is 0 Å². The molecule has 0 aliphatic carbocycles. The van der Waals surface area contributed by atoms with Crippen LogP contribution in [0.2, 0.25) is 0 Å². The quantitative estimate of drug-likeness (QED) is 0.491. The molecule has 152 valence electrons. The molecule has 2 aromatic heterocycles. The van der Waals surface area contributed by atoms with Crippen LogP contribution in [0.5, 0.6) is 5.75 Å². The number of carbonyl (C=O) groups excluding carboxylic acids is 1. The molecule has 8 heteroatoms. The topological polar surface area (TPSA) is 86.4 Å². The van der Waals surface area contributed by atoms with Crippen LogP contribution >= 0.6 is 0 Å². The molecule has 1 amide bonds. The highest BCUT2D eigenvalue weighted by atomic mass is 19.1. The number of halogens is 1. The van der Waals surface area contributed by atoms with Crippen LogP contribution in [0.15, 0.2) is 70.0 Å². The Balaban J connectivity index is 1.56. The lowest BCUT2D eigenvalue weighted by Gasteiger charge is -2.07. The van der Waals surface area contributed by atoms with E-state index in [1.807, 2.05) is 6.92 Å². The number of aromatic nitrogens is 2. The maximum atomic E-state index is 13.3. The fourth-order valence-corrected chi connectivity index (χ4v) is 3.11. The minimum Gasteiger partial charge on any atom is -0.494 e. The number of amides is 1. The van der Waals surface area contributed by atoms with E-state index in [4.69, 9.17) is 9.15 Å². The van der Waals surface area contributed by atoms with Crippen molar-refractivity contribution in [3.63, 3.8) is 0 Å². The Morgan fingerprint density at radius 2 is 2.07 bits per heavy atom. The average molecular weight is 407 g/mol. The molecule has 2 heterocycles. The number of hydrogen-bond donors (Lipinski definition) is 1. The first kappa shape index (κ1) is 19.4. The molecule has 0 fully saturated rings. The fourth-order valence-electron chi connectivity index (χ4n) is 3.11. The lowest BCUT2D eigenvalue weighted by atomic mass is 10.1. The van der Waals surface area contributed by atoms with Crippen LogP contribution in [0.3, 0.4) is 0 Å². The number of rotatable bonds is 6. The van der Waals surface area contributed by atoms with Crippen molar-refractivity contribution in [3.05, 3.63) is 88.2 Å². The predicted octanol–water partition coefficient (Wildman–Crippen LogP) is 3.83. The molecule has 7 nitrogen and oxygen atoms in total. The van der Waals surface area contributed by atoms with Gasteiger partial charge in [-0.1, -0.05) is 12.1 Å². The molecule has 0 bridgehead atoms. The summed E-state index contributed by atoms with van der Waals surface area (Å²) < 4.78 is 25.5. The summed E-state index contributed by atoms with van der Waals surface area (Å²) in [6.07, 6.45) is 1.67. The zero-order chi connectivity index (χ0) is 21.1. The molecule has 0 atom stereocenters. The number of hydrogen-bond acceptors (Lipinski definition) is 5. The van der Waals surface area contributed by atoms with Crippen molar-refractivity contribution in [1.29, 1.82) is 0 Å². The van der Waals surface area contributed by atoms with Crippen LogP contribution in [0.4, 0.5) is 10.2 Å². The lowest BCUT2D eigenvalue weighted by molar-refractivity contribution is 0.102. The Labute approximate surface area is 170 Å². The van der Waals surface area contributed by atoms with Crippen molar-refractivity contribution in [1.82, 2.24) is 9.78 Å². The highest BCUT2D eigenvalue weighted by Crippen LogP contribution is 2.23. The minimum atomic E-state index is -0.641. The van der Waals surface area contributed by atoms with Gasteiger partial charge in [0.05, 0.1) is 18.7 Å². The van der Waals surface area contributed by atoms with Crippen molar-refractivity contribution >= 4 is 22.7 Å². The minimum absolute atomic E-state index is 0.170. The van der Waals surface area contributed by atoms with E-state index < -0.39 is 11.5 Å². The molecule has 4 rings (SSSR count). The van der Waals surface area contributed by atoms with Gasteiger partial charge in [-0.3, -0.25) is 9.48 Å². The second-order valence-electron chi connectivity index (χ2n) is 6.55. The van der Waals surface area contributed by atoms with E-state index in [0.717, 1.165) is 11.6 Å². The standard InChI is InChI=1S/C22H18FN3O4/c1-2-29-16-6-7-17-18(12-21(27)30-19(17)11-16)22(28)24-20-8-9-26(25-20)13-14-4-3-5-15(23)10-14/h3-12H,2,13H2,1H3,(H,24,25,28). The molecule has 0 aliphatic rings. The van der Waals surface area contributed by atoms with E-state index in [1.165, 1.54) is 12.1 Å². The number of benzene rings is 2. The molecule has 0 aliphatic heterocycles. The molecular formula is C22H18FN3O4. The Kier molecular flexibility index (Phi) is 5.30. The molecule has 1 N–H and O–H groups in total. The normalized spacial score (nSPS) is 10.9. The number of fused-ring (bicyclic) bond motifs is 1. The summed E-state index contributed by atoms with van der Waals surface area (Å²) in [7, 11) is 0. The van der Waals surface area contributed by atoms with E-state index in [9.17, 15) is 14.0 Å². The van der Waals surface area contributed by atoms with Crippen LogP contribution in [-0.4, -0.2) is 22.3 Å². The Hall–Kier alpha value is -3.94. The van der Waals surface area contributed by atoms with Gasteiger partial charge in [0.1, 0.15) is 17.1 Å². The third kappa shape index (κ3) is 4.22. The second-order valence-corrected chi connectivity index (χ2v) is 6.55. The first-order valence-electron chi connectivity index (χ1n) is 9.32. The largest absolute Gasteiger partial charge is 0.494 e. The SMILES string of the molecule is CCOc1ccc2c(C(=O)Nc3ccn(Cc4cccc(F)c4)n3)cc(=O)oc2c1. The summed E-state index contributed by atoms with van der Waals surface area (Å²) in [5, 5.41) is 7.44. The Morgan fingerprint density at radius 3 is 2.87 bits per heavy atom. The molecular weight excluding hydrogens is 389 g/mol. The average Bonchev–Trinajstić information content (AvgIpc) is 3.14. The van der Waals surface area contributed by atoms with Gasteiger partial charge < -0.3 is 14.5 Å². The summed E-state index contributed by atoms with van der Waals surface area (Å²) in [4.78, 5) is 24.7. The van der Waals surface area contributed by atoms with E-state index in [2.05, 4.69) is 10.4 Å². The van der Waals surface area contributed by atoms with Crippen molar-refractivity contribution in [2.75, 3.05) is 11.9 Å². The van der Waals surface area contributed by atoms with Crippen LogP contribution in [-0.2, 0) is 6.54 Å². The number of ether oxygens (including phenoxy) is 1. The summed E-state index contributed by atoms with van der Waals surface area (Å²) in [5.41, 5.74) is 0.532. The fraction of sp³-hybridized carbons (Fsp3) is 0.136. The summed E-state index contributed by atoms with van der Waals surface area (Å²) in [5.74, 6) is 0.0362. The first-order chi connectivity index (χ1) is 14.5. The van der Waals surface area contributed by atoms with Gasteiger partial charge in [-0.05, 0) is 36.8 Å². The van der Waals surface area contributed by atoms with Crippen molar-refractivity contribution < 1.29 is 18.3 Å². The molecule has 0 saturated carbocycles. The van der Waals surface area contributed by atoms with Crippen LogP contribution in [0.1, 0.15) is 22.8 Å². The Bertz CT molecular complexity index is 1280. The van der Waals surface area contributed by atoms with Gasteiger partial charge >= 0.3 is 5.63 Å². The van der Waals surface area contributed by atoms with Crippen molar-refractivity contribution in [2.24, 2.45) is 0 Å². The van der Waals surface area contributed by atoms with Crippen LogP contribution in [0.25, 0.3) is 11.0 Å². The van der Waals surface area contributed by atoms with Gasteiger partial charge in [0, 0.05) is 29.8 Å². The third-order valence-corrected chi connectivity index (χ3v) is 4.39. The van der Waals surface area contributed by atoms with Gasteiger partial charge in [0.25, 0.3) is 5.91 Å². The highest BCUT2D eigenvalue weighted by Gasteiger charge is 2.15. The van der Waals surface area contributed by atoms with Gasteiger partial charge in [-0.25, -0.2) is 9.18 Å². The smallest absolute Gasteiger partial charge is 0.337 e. The first-order valence-corrected chi connectivity index (χ1v) is 9.32. The van der Waals surface area contributed by atoms with E-state index in [-0.39, 0.29) is 17.0 Å². The van der Waals surface area contributed by atoms with E-state index in [1.54, 1.807) is 47.3 Å². The molecule has 0 spiro atoms. The van der Waals surface area contributed by atoms with Gasteiger partial charge in [-0.2, -0.15) is 5.10 Å². The monoisotopic (exact) mass is 407 g/mol. The summed E-state index contributed by atoms with van der Waals surface area (Å²) in [6.45, 7) is 2.66. The second kappa shape index (κ2) is 8.20. The maximum absolute atomic E-state index is 13.3. The van der Waals surface area contributed by atoms with Crippen molar-refractivity contribution in [3.8, 4) is 5.75 Å². The predicted molar refractivity (Wildman–Crippen MR) is 109 cm³/mol. The number of anilines is 1. The van der Waals surface area contributed by atoms with Crippen LogP contribution in [0, 0.1) is 5.82 Å². The van der Waals surface area contributed by atoms with E-state index in [0.29, 0.717) is 30.1 Å². The zero-order valence-electron chi connectivity index (χ0n) is 16.1. The van der Waals surface area contributed by atoms with Crippen LogP contribution < -0.4 is 15.7 Å². The van der Waals surface area contributed by atoms with E-state index >= 15 is 0 Å². The zero-order valence-corrected chi connectivity index (χ0v) is 16.1. The summed E-state index contributed by atoms with van der Waals surface area (Å²) in [6, 6.07) is 13.9. The molecule has 2 aromatic carbocycles. The summed E-state index contributed by atoms with van der Waals surface area (Å²) >= 11 is 0. The third-order valence-electron chi connectivity index (χ3n) is 4.39. The van der Waals surface area contributed by atoms with Crippen molar-refractivity contribution in [2.45, 2.75) is 13.5 Å². The number of nitrogens with one attached hydrogen (secondary N) is 1. The highest BCUT2D eigenvalue weighted by molar-refractivity contribution is 6.11. The molecule has 0 radical (unpaired) electrons. The maximum Gasteiger partial charge on any atom is 0.337 e. The molecule has 30 heavy (non-hydrogen) atoms. The lowest BCUT2D eigenvalue weighted by Crippen LogP contribution is -2.16. The van der Waals surface area contributed by atoms with Gasteiger partial charge in [0.2, 0.25) is 0 Å². The molecule has 4 aromatic rings. The van der Waals surface area contributed by atoms with Gasteiger partial charge in [0.15, 0.2) is 5.82 Å². The number of nitrogens with zero attached hydrogens (tertiary/aromatic N) is 2.